The number of hydrogen-bond donors (Lipinski definition) is 2. The smallest absolute Gasteiger partial charge is 0.308 e. The van der Waals surface area contributed by atoms with Gasteiger partial charge in [0.15, 0.2) is 0 Å². The molecule has 2 atom stereocenters. The molecular formula is C20H26FNO4. The van der Waals surface area contributed by atoms with Crippen LogP contribution in [0.1, 0.15) is 60.9 Å². The summed E-state index contributed by atoms with van der Waals surface area (Å²) in [5.74, 6) is -1.59. The molecule has 1 aromatic carbocycles. The standard InChI is InChI=1S/C20H26FNO4/c21-17-9-8-14(10-15(17)12-26-11-13-6-7-13)19(23)22-18-5-3-1-2-4-16(18)20(24)25/h8-10,13,16,18H,1-7,11-12H2,(H,22,23)(H,24,25)/t16-,18-/m1/s1. The number of carbonyl (C=O) groups is 2. The fourth-order valence-electron chi connectivity index (χ4n) is 3.47. The number of aliphatic carboxylic acids is 1. The van der Waals surface area contributed by atoms with E-state index in [1.165, 1.54) is 18.2 Å². The van der Waals surface area contributed by atoms with Gasteiger partial charge in [0, 0.05) is 23.8 Å². The van der Waals surface area contributed by atoms with Gasteiger partial charge in [0.2, 0.25) is 0 Å². The second kappa shape index (κ2) is 8.62. The molecule has 2 aliphatic rings. The van der Waals surface area contributed by atoms with E-state index in [4.69, 9.17) is 4.74 Å². The Kier molecular flexibility index (Phi) is 6.25. The van der Waals surface area contributed by atoms with Crippen LogP contribution in [0.5, 0.6) is 0 Å². The fraction of sp³-hybridized carbons (Fsp3) is 0.600. The van der Waals surface area contributed by atoms with Crippen molar-refractivity contribution in [1.82, 2.24) is 5.32 Å². The van der Waals surface area contributed by atoms with Gasteiger partial charge in [-0.15, -0.1) is 0 Å². The monoisotopic (exact) mass is 363 g/mol. The number of rotatable bonds is 7. The molecule has 2 aliphatic carbocycles. The minimum absolute atomic E-state index is 0.143. The van der Waals surface area contributed by atoms with Gasteiger partial charge in [-0.25, -0.2) is 4.39 Å². The molecule has 142 valence electrons. The van der Waals surface area contributed by atoms with Crippen molar-refractivity contribution in [2.75, 3.05) is 6.61 Å². The topological polar surface area (TPSA) is 75.6 Å². The fourth-order valence-corrected chi connectivity index (χ4v) is 3.47. The average Bonchev–Trinajstić information content (AvgIpc) is 3.43. The van der Waals surface area contributed by atoms with E-state index in [0.29, 0.717) is 36.5 Å². The minimum atomic E-state index is -0.870. The molecule has 0 saturated heterocycles. The van der Waals surface area contributed by atoms with Gasteiger partial charge < -0.3 is 15.2 Å². The van der Waals surface area contributed by atoms with Crippen molar-refractivity contribution in [2.45, 2.75) is 57.6 Å². The van der Waals surface area contributed by atoms with Gasteiger partial charge in [-0.3, -0.25) is 9.59 Å². The summed E-state index contributed by atoms with van der Waals surface area (Å²) >= 11 is 0. The Morgan fingerprint density at radius 2 is 1.92 bits per heavy atom. The number of carboxylic acids is 1. The first kappa shape index (κ1) is 18.8. The quantitative estimate of drug-likeness (QED) is 0.727. The zero-order chi connectivity index (χ0) is 18.5. The van der Waals surface area contributed by atoms with Gasteiger partial charge in [0.05, 0.1) is 12.5 Å². The molecule has 0 aromatic heterocycles. The van der Waals surface area contributed by atoms with E-state index in [-0.39, 0.29) is 18.6 Å². The molecule has 26 heavy (non-hydrogen) atoms. The van der Waals surface area contributed by atoms with Crippen LogP contribution < -0.4 is 5.32 Å². The van der Waals surface area contributed by atoms with Gasteiger partial charge in [0.1, 0.15) is 5.82 Å². The molecule has 2 N–H and O–H groups in total. The summed E-state index contributed by atoms with van der Waals surface area (Å²) in [5, 5.41) is 12.3. The molecule has 0 aliphatic heterocycles. The first-order valence-electron chi connectivity index (χ1n) is 9.44. The first-order chi connectivity index (χ1) is 12.5. The molecule has 0 heterocycles. The molecule has 0 spiro atoms. The highest BCUT2D eigenvalue weighted by Crippen LogP contribution is 2.29. The summed E-state index contributed by atoms with van der Waals surface area (Å²) in [4.78, 5) is 24.1. The van der Waals surface area contributed by atoms with Gasteiger partial charge in [-0.05, 0) is 49.8 Å². The third-order valence-corrected chi connectivity index (χ3v) is 5.27. The third-order valence-electron chi connectivity index (χ3n) is 5.27. The van der Waals surface area contributed by atoms with Crippen molar-refractivity contribution < 1.29 is 23.8 Å². The molecule has 6 heteroatoms. The Bertz CT molecular complexity index is 659. The van der Waals surface area contributed by atoms with Crippen LogP contribution in [0, 0.1) is 17.7 Å². The van der Waals surface area contributed by atoms with Crippen LogP contribution in [0.25, 0.3) is 0 Å². The van der Waals surface area contributed by atoms with Gasteiger partial charge in [-0.2, -0.15) is 0 Å². The number of amides is 1. The number of carbonyl (C=O) groups excluding carboxylic acids is 1. The molecule has 3 rings (SSSR count). The predicted molar refractivity (Wildman–Crippen MR) is 94.2 cm³/mol. The summed E-state index contributed by atoms with van der Waals surface area (Å²) in [6.07, 6.45) is 6.30. The van der Waals surface area contributed by atoms with Crippen molar-refractivity contribution in [1.29, 1.82) is 0 Å². The highest BCUT2D eigenvalue weighted by atomic mass is 19.1. The Morgan fingerprint density at radius 1 is 1.15 bits per heavy atom. The van der Waals surface area contributed by atoms with Crippen LogP contribution in [0.3, 0.4) is 0 Å². The SMILES string of the molecule is O=C(N[C@@H]1CCCCC[C@H]1C(=O)O)c1ccc(F)c(COCC2CC2)c1. The zero-order valence-electron chi connectivity index (χ0n) is 14.9. The van der Waals surface area contributed by atoms with Crippen LogP contribution in [0.4, 0.5) is 4.39 Å². The predicted octanol–water partition coefficient (Wildman–Crippen LogP) is 3.52. The van der Waals surface area contributed by atoms with Crippen molar-refractivity contribution in [2.24, 2.45) is 11.8 Å². The van der Waals surface area contributed by atoms with E-state index in [1.807, 2.05) is 0 Å². The van der Waals surface area contributed by atoms with Crippen LogP contribution in [0.2, 0.25) is 0 Å². The van der Waals surface area contributed by atoms with Crippen molar-refractivity contribution in [3.05, 3.63) is 35.1 Å². The minimum Gasteiger partial charge on any atom is -0.481 e. The molecule has 0 unspecified atom stereocenters. The van der Waals surface area contributed by atoms with Crippen LogP contribution >= 0.6 is 0 Å². The number of halogens is 1. The summed E-state index contributed by atoms with van der Waals surface area (Å²) in [5.41, 5.74) is 0.693. The molecular weight excluding hydrogens is 337 g/mol. The average molecular weight is 363 g/mol. The van der Waals surface area contributed by atoms with Gasteiger partial charge in [-0.1, -0.05) is 19.3 Å². The second-order valence-corrected chi connectivity index (χ2v) is 7.43. The lowest BCUT2D eigenvalue weighted by molar-refractivity contribution is -0.142. The lowest BCUT2D eigenvalue weighted by atomic mass is 9.94. The zero-order valence-corrected chi connectivity index (χ0v) is 14.9. The maximum atomic E-state index is 14.0. The number of carboxylic acid groups (broad SMARTS) is 1. The van der Waals surface area contributed by atoms with Gasteiger partial charge >= 0.3 is 5.97 Å². The first-order valence-corrected chi connectivity index (χ1v) is 9.44. The summed E-state index contributed by atoms with van der Waals surface area (Å²) in [7, 11) is 0. The molecule has 2 saturated carbocycles. The number of hydrogen-bond acceptors (Lipinski definition) is 3. The Morgan fingerprint density at radius 3 is 2.65 bits per heavy atom. The van der Waals surface area contributed by atoms with E-state index in [1.54, 1.807) is 0 Å². The lowest BCUT2D eigenvalue weighted by Gasteiger charge is -2.23. The summed E-state index contributed by atoms with van der Waals surface area (Å²) in [6, 6.07) is 3.82. The molecule has 1 amide bonds. The lowest BCUT2D eigenvalue weighted by Crippen LogP contribution is -2.42. The van der Waals surface area contributed by atoms with Crippen LogP contribution in [0.15, 0.2) is 18.2 Å². The van der Waals surface area contributed by atoms with Crippen LogP contribution in [-0.4, -0.2) is 29.6 Å². The number of nitrogens with one attached hydrogen (secondary N) is 1. The number of ether oxygens (including phenoxy) is 1. The third kappa shape index (κ3) is 5.04. The van der Waals surface area contributed by atoms with Crippen molar-refractivity contribution in [3.63, 3.8) is 0 Å². The normalized spacial score (nSPS) is 23.3. The Hall–Kier alpha value is -1.95. The van der Waals surface area contributed by atoms with E-state index in [9.17, 15) is 19.1 Å². The summed E-state index contributed by atoms with van der Waals surface area (Å²) in [6.45, 7) is 0.767. The molecule has 5 nitrogen and oxygen atoms in total. The van der Waals surface area contributed by atoms with E-state index in [0.717, 1.165) is 32.1 Å². The number of benzene rings is 1. The van der Waals surface area contributed by atoms with E-state index < -0.39 is 17.7 Å². The molecule has 0 bridgehead atoms. The van der Waals surface area contributed by atoms with E-state index in [2.05, 4.69) is 5.32 Å². The Labute approximate surface area is 152 Å². The van der Waals surface area contributed by atoms with E-state index >= 15 is 0 Å². The molecule has 1 aromatic rings. The maximum Gasteiger partial charge on any atom is 0.308 e. The summed E-state index contributed by atoms with van der Waals surface area (Å²) < 4.78 is 19.5. The maximum absolute atomic E-state index is 14.0. The van der Waals surface area contributed by atoms with Crippen molar-refractivity contribution in [3.8, 4) is 0 Å². The highest BCUT2D eigenvalue weighted by molar-refractivity contribution is 5.94. The van der Waals surface area contributed by atoms with Crippen LogP contribution in [-0.2, 0) is 16.1 Å². The molecule has 0 radical (unpaired) electrons. The second-order valence-electron chi connectivity index (χ2n) is 7.43. The van der Waals surface area contributed by atoms with Gasteiger partial charge in [0.25, 0.3) is 5.91 Å². The largest absolute Gasteiger partial charge is 0.481 e. The molecule has 2 fully saturated rings. The van der Waals surface area contributed by atoms with Crippen molar-refractivity contribution >= 4 is 11.9 Å². The highest BCUT2D eigenvalue weighted by Gasteiger charge is 2.31. The Balaban J connectivity index is 1.64.